The first-order valence-corrected chi connectivity index (χ1v) is 10.4. The summed E-state index contributed by atoms with van der Waals surface area (Å²) < 4.78 is 0. The molecule has 3 rings (SSSR count). The maximum Gasteiger partial charge on any atom is 0.255 e. The van der Waals surface area contributed by atoms with E-state index in [0.717, 1.165) is 5.56 Å². The van der Waals surface area contributed by atoms with Crippen molar-refractivity contribution in [1.29, 1.82) is 0 Å². The Morgan fingerprint density at radius 2 is 1.39 bits per heavy atom. The number of amides is 2. The number of carbonyl (C=O) groups excluding carboxylic acids is 2. The minimum atomic E-state index is -0.268. The highest BCUT2D eigenvalue weighted by Crippen LogP contribution is 2.23. The molecule has 158 valence electrons. The summed E-state index contributed by atoms with van der Waals surface area (Å²) in [7, 11) is 0. The number of benzene rings is 3. The van der Waals surface area contributed by atoms with E-state index in [0.29, 0.717) is 22.0 Å². The second-order valence-electron chi connectivity index (χ2n) is 8.20. The number of nitrogens with one attached hydrogen (secondary N) is 2. The van der Waals surface area contributed by atoms with Gasteiger partial charge in [-0.3, -0.25) is 9.59 Å². The van der Waals surface area contributed by atoms with Gasteiger partial charge in [-0.25, -0.2) is 0 Å². The summed E-state index contributed by atoms with van der Waals surface area (Å²) in [5, 5.41) is 6.24. The zero-order valence-electron chi connectivity index (χ0n) is 17.8. The molecule has 0 spiro atoms. The Labute approximate surface area is 188 Å². The monoisotopic (exact) mass is 432 g/mol. The number of halogens is 1. The Morgan fingerprint density at radius 1 is 0.806 bits per heavy atom. The summed E-state index contributed by atoms with van der Waals surface area (Å²) in [6, 6.07) is 21.9. The van der Waals surface area contributed by atoms with Crippen LogP contribution in [0.3, 0.4) is 0 Å². The highest BCUT2D eigenvalue weighted by molar-refractivity contribution is 6.32. The van der Waals surface area contributed by atoms with Crippen molar-refractivity contribution in [3.63, 3.8) is 0 Å². The van der Waals surface area contributed by atoms with Crippen molar-refractivity contribution in [3.05, 3.63) is 101 Å². The highest BCUT2D eigenvalue weighted by atomic mass is 35.5. The highest BCUT2D eigenvalue weighted by Gasteiger charge is 2.14. The number of carbonyl (C=O) groups is 2. The molecule has 3 aromatic rings. The molecule has 2 amide bonds. The van der Waals surface area contributed by atoms with Gasteiger partial charge in [-0.2, -0.15) is 0 Å². The molecule has 0 fully saturated rings. The zero-order chi connectivity index (χ0) is 22.4. The van der Waals surface area contributed by atoms with Gasteiger partial charge in [0.15, 0.2) is 0 Å². The first kappa shape index (κ1) is 22.3. The summed E-state index contributed by atoms with van der Waals surface area (Å²) in [6.45, 7) is 6.40. The van der Waals surface area contributed by atoms with Crippen LogP contribution in [0.1, 0.15) is 42.3 Å². The third kappa shape index (κ3) is 6.30. The van der Waals surface area contributed by atoms with E-state index in [1.165, 1.54) is 11.6 Å². The molecular formula is C26H25ClN2O2. The van der Waals surface area contributed by atoms with Gasteiger partial charge in [0.1, 0.15) is 0 Å². The van der Waals surface area contributed by atoms with Gasteiger partial charge in [0.25, 0.3) is 5.91 Å². The van der Waals surface area contributed by atoms with E-state index in [1.807, 2.05) is 42.5 Å². The van der Waals surface area contributed by atoms with E-state index < -0.39 is 0 Å². The van der Waals surface area contributed by atoms with Crippen molar-refractivity contribution in [2.45, 2.75) is 26.2 Å². The van der Waals surface area contributed by atoms with Crippen LogP contribution in [-0.2, 0) is 10.2 Å². The van der Waals surface area contributed by atoms with E-state index in [4.69, 9.17) is 11.6 Å². The third-order valence-corrected chi connectivity index (χ3v) is 5.09. The molecule has 0 aromatic heterocycles. The minimum absolute atomic E-state index is 0.0395. The smallest absolute Gasteiger partial charge is 0.255 e. The van der Waals surface area contributed by atoms with Gasteiger partial charge >= 0.3 is 0 Å². The van der Waals surface area contributed by atoms with Crippen molar-refractivity contribution >= 4 is 40.9 Å². The van der Waals surface area contributed by atoms with Gasteiger partial charge < -0.3 is 10.6 Å². The Bertz CT molecular complexity index is 1100. The molecule has 0 atom stereocenters. The lowest BCUT2D eigenvalue weighted by Crippen LogP contribution is -2.14. The SMILES string of the molecule is CC(C)(C)c1ccc(C(=O)Nc2ccc(NC(=O)/C=C/c3ccccc3Cl)cc2)cc1. The van der Waals surface area contributed by atoms with Gasteiger partial charge in [0.05, 0.1) is 0 Å². The summed E-state index contributed by atoms with van der Waals surface area (Å²) in [6.07, 6.45) is 3.09. The van der Waals surface area contributed by atoms with Crippen LogP contribution in [0.15, 0.2) is 78.9 Å². The van der Waals surface area contributed by atoms with Gasteiger partial charge in [0.2, 0.25) is 5.91 Å². The second-order valence-corrected chi connectivity index (χ2v) is 8.61. The zero-order valence-corrected chi connectivity index (χ0v) is 18.5. The molecular weight excluding hydrogens is 408 g/mol. The summed E-state index contributed by atoms with van der Waals surface area (Å²) >= 11 is 6.08. The lowest BCUT2D eigenvalue weighted by molar-refractivity contribution is -0.111. The van der Waals surface area contributed by atoms with Crippen molar-refractivity contribution in [2.75, 3.05) is 10.6 Å². The van der Waals surface area contributed by atoms with E-state index in [-0.39, 0.29) is 17.2 Å². The second kappa shape index (κ2) is 9.63. The van der Waals surface area contributed by atoms with Gasteiger partial charge in [-0.1, -0.05) is 62.7 Å². The van der Waals surface area contributed by atoms with Gasteiger partial charge in [-0.05, 0) is 65.1 Å². The molecule has 0 aliphatic heterocycles. The molecule has 2 N–H and O–H groups in total. The van der Waals surface area contributed by atoms with E-state index in [2.05, 4.69) is 31.4 Å². The van der Waals surface area contributed by atoms with Crippen LogP contribution in [0.4, 0.5) is 11.4 Å². The molecule has 3 aromatic carbocycles. The van der Waals surface area contributed by atoms with Crippen LogP contribution in [0.25, 0.3) is 6.08 Å². The third-order valence-electron chi connectivity index (χ3n) is 4.74. The average Bonchev–Trinajstić information content (AvgIpc) is 2.74. The van der Waals surface area contributed by atoms with Crippen LogP contribution in [0.2, 0.25) is 5.02 Å². The molecule has 5 heteroatoms. The van der Waals surface area contributed by atoms with Crippen molar-refractivity contribution < 1.29 is 9.59 Å². The minimum Gasteiger partial charge on any atom is -0.323 e. The summed E-state index contributed by atoms with van der Waals surface area (Å²) in [5.74, 6) is -0.449. The largest absolute Gasteiger partial charge is 0.323 e. The van der Waals surface area contributed by atoms with Crippen LogP contribution in [0, 0.1) is 0 Å². The quantitative estimate of drug-likeness (QED) is 0.449. The fraction of sp³-hybridized carbons (Fsp3) is 0.154. The molecule has 0 aliphatic carbocycles. The number of hydrogen-bond acceptors (Lipinski definition) is 2. The average molecular weight is 433 g/mol. The molecule has 0 heterocycles. The van der Waals surface area contributed by atoms with Gasteiger partial charge in [0, 0.05) is 28.0 Å². The Morgan fingerprint density at radius 3 is 1.97 bits per heavy atom. The fourth-order valence-electron chi connectivity index (χ4n) is 2.92. The van der Waals surface area contributed by atoms with Crippen LogP contribution in [-0.4, -0.2) is 11.8 Å². The van der Waals surface area contributed by atoms with Crippen molar-refractivity contribution in [3.8, 4) is 0 Å². The maximum absolute atomic E-state index is 12.5. The number of hydrogen-bond donors (Lipinski definition) is 2. The van der Waals surface area contributed by atoms with Gasteiger partial charge in [-0.15, -0.1) is 0 Å². The Hall–Kier alpha value is -3.37. The van der Waals surface area contributed by atoms with Crippen molar-refractivity contribution in [2.24, 2.45) is 0 Å². The molecule has 0 aliphatic rings. The normalized spacial score (nSPS) is 11.4. The van der Waals surface area contributed by atoms with Crippen LogP contribution < -0.4 is 10.6 Å². The molecule has 0 unspecified atom stereocenters. The molecule has 4 nitrogen and oxygen atoms in total. The molecule has 0 saturated carbocycles. The fourth-order valence-corrected chi connectivity index (χ4v) is 3.12. The molecule has 31 heavy (non-hydrogen) atoms. The maximum atomic E-state index is 12.5. The molecule has 0 bridgehead atoms. The molecule has 0 saturated heterocycles. The van der Waals surface area contributed by atoms with E-state index in [9.17, 15) is 9.59 Å². The Kier molecular flexibility index (Phi) is 6.93. The number of anilines is 2. The predicted molar refractivity (Wildman–Crippen MR) is 129 cm³/mol. The van der Waals surface area contributed by atoms with Crippen molar-refractivity contribution in [1.82, 2.24) is 0 Å². The summed E-state index contributed by atoms with van der Waals surface area (Å²) in [5.41, 5.74) is 3.85. The first-order chi connectivity index (χ1) is 14.7. The summed E-state index contributed by atoms with van der Waals surface area (Å²) in [4.78, 5) is 24.6. The lowest BCUT2D eigenvalue weighted by Gasteiger charge is -2.19. The standard InChI is InChI=1S/C26H25ClN2O2/c1-26(2,3)20-11-8-19(9-12-20)25(31)29-22-15-13-21(14-16-22)28-24(30)17-10-18-6-4-5-7-23(18)27/h4-17H,1-3H3,(H,28,30)(H,29,31)/b17-10+. The lowest BCUT2D eigenvalue weighted by atomic mass is 9.87. The van der Waals surface area contributed by atoms with E-state index >= 15 is 0 Å². The number of rotatable bonds is 5. The first-order valence-electron chi connectivity index (χ1n) is 9.98. The predicted octanol–water partition coefficient (Wildman–Crippen LogP) is 6.54. The topological polar surface area (TPSA) is 58.2 Å². The van der Waals surface area contributed by atoms with E-state index in [1.54, 1.807) is 36.4 Å². The Balaban J connectivity index is 1.58. The van der Waals surface area contributed by atoms with Crippen LogP contribution >= 0.6 is 11.6 Å². The van der Waals surface area contributed by atoms with Crippen LogP contribution in [0.5, 0.6) is 0 Å². The molecule has 0 radical (unpaired) electrons.